The van der Waals surface area contributed by atoms with E-state index in [4.69, 9.17) is 0 Å². The van der Waals surface area contributed by atoms with Crippen molar-refractivity contribution >= 4 is 17.6 Å². The molecule has 30 heavy (non-hydrogen) atoms. The third-order valence-corrected chi connectivity index (χ3v) is 5.90. The summed E-state index contributed by atoms with van der Waals surface area (Å²) in [5.74, 6) is -0.0704. The number of phenols is 1. The molecule has 4 heterocycles. The van der Waals surface area contributed by atoms with E-state index in [1.165, 1.54) is 24.4 Å². The van der Waals surface area contributed by atoms with E-state index in [0.29, 0.717) is 0 Å². The first kappa shape index (κ1) is 18.9. The first-order chi connectivity index (χ1) is 14.5. The van der Waals surface area contributed by atoms with Crippen LogP contribution in [-0.4, -0.2) is 76.3 Å². The molecule has 0 spiro atoms. The van der Waals surface area contributed by atoms with Crippen molar-refractivity contribution in [2.45, 2.75) is 0 Å². The highest BCUT2D eigenvalue weighted by molar-refractivity contribution is 6.05. The molecule has 6 rings (SSSR count). The van der Waals surface area contributed by atoms with E-state index in [1.54, 1.807) is 0 Å². The molecule has 1 N–H and O–H groups in total. The predicted molar refractivity (Wildman–Crippen MR) is 112 cm³/mol. The summed E-state index contributed by atoms with van der Waals surface area (Å²) in [4.78, 5) is 17.8. The summed E-state index contributed by atoms with van der Waals surface area (Å²) in [5.41, 5.74) is 1.93. The Morgan fingerprint density at radius 2 is 1.67 bits per heavy atom. The van der Waals surface area contributed by atoms with Crippen molar-refractivity contribution in [2.24, 2.45) is 15.6 Å². The molecular formula is C21H22N6O3. The molecule has 0 aliphatic carbocycles. The maximum absolute atomic E-state index is 11.0. The van der Waals surface area contributed by atoms with Crippen LogP contribution in [-0.2, 0) is 0 Å². The van der Waals surface area contributed by atoms with Gasteiger partial charge in [0.25, 0.3) is 5.69 Å². The highest BCUT2D eigenvalue weighted by Crippen LogP contribution is 2.38. The van der Waals surface area contributed by atoms with Crippen LogP contribution >= 0.6 is 0 Å². The van der Waals surface area contributed by atoms with E-state index in [0.717, 1.165) is 50.9 Å². The molecule has 0 saturated carbocycles. The predicted octanol–water partition coefficient (Wildman–Crippen LogP) is 1.93. The Balaban J connectivity index is 1.52. The highest BCUT2D eigenvalue weighted by Gasteiger charge is 2.51. The number of non-ortho nitro benzene ring substituents is 1. The molecule has 4 aliphatic rings. The minimum Gasteiger partial charge on any atom is -0.507 e. The van der Waals surface area contributed by atoms with Gasteiger partial charge in [0.2, 0.25) is 0 Å². The van der Waals surface area contributed by atoms with Crippen LogP contribution in [0.5, 0.6) is 5.75 Å². The van der Waals surface area contributed by atoms with E-state index in [2.05, 4.69) is 24.9 Å². The van der Waals surface area contributed by atoms with Crippen LogP contribution in [0.1, 0.15) is 11.1 Å². The second-order valence-electron chi connectivity index (χ2n) is 8.25. The van der Waals surface area contributed by atoms with Crippen LogP contribution in [0.2, 0.25) is 0 Å². The van der Waals surface area contributed by atoms with Crippen molar-refractivity contribution in [1.29, 1.82) is 0 Å². The third-order valence-electron chi connectivity index (χ3n) is 5.90. The fourth-order valence-corrected chi connectivity index (χ4v) is 4.92. The number of aromatic hydroxyl groups is 1. The molecule has 0 aromatic heterocycles. The van der Waals surface area contributed by atoms with Crippen LogP contribution in [0.4, 0.5) is 5.69 Å². The van der Waals surface area contributed by atoms with Gasteiger partial charge in [0.05, 0.1) is 42.3 Å². The fraction of sp³-hybridized carbons (Fsp3) is 0.333. The van der Waals surface area contributed by atoms with Crippen molar-refractivity contribution < 1.29 is 10.0 Å². The Kier molecular flexibility index (Phi) is 4.58. The van der Waals surface area contributed by atoms with Crippen LogP contribution < -0.4 is 0 Å². The number of hydrogen-bond acceptors (Lipinski definition) is 8. The molecule has 4 fully saturated rings. The Hall–Kier alpha value is -3.14. The van der Waals surface area contributed by atoms with Gasteiger partial charge < -0.3 is 5.11 Å². The van der Waals surface area contributed by atoms with Gasteiger partial charge in [-0.3, -0.25) is 24.8 Å². The van der Waals surface area contributed by atoms with Gasteiger partial charge in [-0.25, -0.2) is 0 Å². The molecule has 154 valence electrons. The van der Waals surface area contributed by atoms with Crippen molar-refractivity contribution in [3.8, 4) is 5.75 Å². The first-order valence-electron chi connectivity index (χ1n) is 9.84. The summed E-state index contributed by atoms with van der Waals surface area (Å²) in [5, 5.41) is 30.0. The molecule has 4 saturated heterocycles. The van der Waals surface area contributed by atoms with E-state index in [1.807, 2.05) is 30.3 Å². The molecule has 4 aliphatic heterocycles. The van der Waals surface area contributed by atoms with E-state index in [9.17, 15) is 15.2 Å². The largest absolute Gasteiger partial charge is 0.507 e. The van der Waals surface area contributed by atoms with Crippen LogP contribution in [0.15, 0.2) is 58.7 Å². The number of rotatable bonds is 5. The van der Waals surface area contributed by atoms with Crippen molar-refractivity contribution in [1.82, 2.24) is 14.7 Å². The number of phenolic OH excluding ortho intramolecular Hbond substituents is 1. The van der Waals surface area contributed by atoms with Crippen LogP contribution in [0.3, 0.4) is 0 Å². The zero-order valence-corrected chi connectivity index (χ0v) is 16.4. The smallest absolute Gasteiger partial charge is 0.270 e. The lowest BCUT2D eigenvalue weighted by Gasteiger charge is -2.60. The molecule has 0 radical (unpaired) electrons. The summed E-state index contributed by atoms with van der Waals surface area (Å²) in [6.45, 7) is 5.70. The molecule has 9 heteroatoms. The molecule has 0 unspecified atom stereocenters. The zero-order chi connectivity index (χ0) is 20.7. The molecular weight excluding hydrogens is 384 g/mol. The van der Waals surface area contributed by atoms with Gasteiger partial charge in [0.15, 0.2) is 0 Å². The summed E-state index contributed by atoms with van der Waals surface area (Å²) in [6.07, 6.45) is 1.38. The third kappa shape index (κ3) is 3.36. The summed E-state index contributed by atoms with van der Waals surface area (Å²) in [7, 11) is 0. The summed E-state index contributed by atoms with van der Waals surface area (Å²) < 4.78 is 0. The second kappa shape index (κ2) is 7.28. The van der Waals surface area contributed by atoms with Gasteiger partial charge >= 0.3 is 0 Å². The Labute approximate surface area is 173 Å². The van der Waals surface area contributed by atoms with E-state index in [-0.39, 0.29) is 22.4 Å². The maximum atomic E-state index is 11.0. The van der Waals surface area contributed by atoms with Gasteiger partial charge in [-0.15, -0.1) is 0 Å². The van der Waals surface area contributed by atoms with Crippen molar-refractivity contribution in [2.75, 3.05) is 39.6 Å². The van der Waals surface area contributed by atoms with Gasteiger partial charge in [-0.1, -0.05) is 30.3 Å². The average molecular weight is 406 g/mol. The molecule has 0 atom stereocenters. The summed E-state index contributed by atoms with van der Waals surface area (Å²) in [6, 6.07) is 13.9. The van der Waals surface area contributed by atoms with Crippen LogP contribution in [0.25, 0.3) is 0 Å². The molecule has 9 nitrogen and oxygen atoms in total. The van der Waals surface area contributed by atoms with E-state index < -0.39 is 4.92 Å². The van der Waals surface area contributed by atoms with Crippen molar-refractivity contribution in [3.63, 3.8) is 0 Å². The lowest BCUT2D eigenvalue weighted by Crippen LogP contribution is -2.74. The van der Waals surface area contributed by atoms with E-state index >= 15 is 0 Å². The van der Waals surface area contributed by atoms with Gasteiger partial charge in [-0.2, -0.15) is 10.2 Å². The SMILES string of the molecule is O=[N+]([O-])c1ccc(O)c(/C=N/N=C(c2ccccc2)C23CN4CN(CN(C4)C2)C3)c1. The Morgan fingerprint density at radius 1 is 1.03 bits per heavy atom. The number of benzene rings is 2. The quantitative estimate of drug-likeness (QED) is 0.463. The Bertz CT molecular complexity index is 1000. The molecule has 2 aromatic rings. The average Bonchev–Trinajstić information content (AvgIpc) is 2.71. The van der Waals surface area contributed by atoms with Crippen molar-refractivity contribution in [3.05, 3.63) is 69.8 Å². The standard InChI is InChI=1S/C21H22N6O3/c28-19-7-6-18(27(29)30)8-17(19)9-22-23-20(16-4-2-1-3-5-16)21-10-24-13-25(11-21)15-26(12-21)14-24/h1-9,28H,10-15H2/b22-9+,23-20?. The van der Waals surface area contributed by atoms with Gasteiger partial charge in [0, 0.05) is 37.3 Å². The minimum atomic E-state index is -0.498. The normalized spacial score (nSPS) is 30.1. The zero-order valence-electron chi connectivity index (χ0n) is 16.4. The van der Waals surface area contributed by atoms with Gasteiger partial charge in [0.1, 0.15) is 5.75 Å². The van der Waals surface area contributed by atoms with Gasteiger partial charge in [-0.05, 0) is 11.6 Å². The number of nitro groups is 1. The number of hydrogen-bond donors (Lipinski definition) is 1. The fourth-order valence-electron chi connectivity index (χ4n) is 4.92. The first-order valence-corrected chi connectivity index (χ1v) is 9.84. The number of nitrogens with zero attached hydrogens (tertiary/aromatic N) is 6. The molecule has 0 amide bonds. The molecule has 2 aromatic carbocycles. The summed E-state index contributed by atoms with van der Waals surface area (Å²) >= 11 is 0. The minimum absolute atomic E-state index is 0.0704. The number of nitro benzene ring substituents is 1. The second-order valence-corrected chi connectivity index (χ2v) is 8.25. The Morgan fingerprint density at radius 3 is 2.27 bits per heavy atom. The lowest BCUT2D eigenvalue weighted by molar-refractivity contribution is -0.384. The topological polar surface area (TPSA) is 97.8 Å². The highest BCUT2D eigenvalue weighted by atomic mass is 16.6. The lowest BCUT2D eigenvalue weighted by atomic mass is 9.74. The molecule has 4 bridgehead atoms. The maximum Gasteiger partial charge on any atom is 0.270 e. The van der Waals surface area contributed by atoms with Crippen LogP contribution in [0, 0.1) is 15.5 Å². The monoisotopic (exact) mass is 406 g/mol.